The summed E-state index contributed by atoms with van der Waals surface area (Å²) in [4.78, 5) is 14.7. The molecule has 118 valence electrons. The summed E-state index contributed by atoms with van der Waals surface area (Å²) in [5.74, 6) is 3.39. The van der Waals surface area contributed by atoms with Crippen molar-refractivity contribution < 1.29 is 14.3 Å². The molecule has 1 aromatic carbocycles. The topological polar surface area (TPSA) is 38.8 Å². The molecule has 4 rings (SSSR count). The number of likely N-dealkylation sites (tertiary alicyclic amines) is 1. The van der Waals surface area contributed by atoms with E-state index < -0.39 is 0 Å². The zero-order chi connectivity index (χ0) is 14.9. The third-order valence-electron chi connectivity index (χ3n) is 5.44. The molecule has 22 heavy (non-hydrogen) atoms. The molecule has 3 aliphatic rings. The number of carbonyl (C=O) groups excluding carboxylic acids is 1. The van der Waals surface area contributed by atoms with Gasteiger partial charge in [-0.3, -0.25) is 4.79 Å². The Morgan fingerprint density at radius 2 is 1.91 bits per heavy atom. The van der Waals surface area contributed by atoms with Crippen molar-refractivity contribution >= 4 is 5.91 Å². The summed E-state index contributed by atoms with van der Waals surface area (Å²) in [5, 5.41) is 0. The molecule has 1 amide bonds. The van der Waals surface area contributed by atoms with Crippen LogP contribution in [0.5, 0.6) is 11.5 Å². The van der Waals surface area contributed by atoms with Crippen LogP contribution in [-0.2, 0) is 11.2 Å². The average molecular weight is 301 g/mol. The number of benzene rings is 1. The largest absolute Gasteiger partial charge is 0.454 e. The molecular formula is C18H23NO3. The molecule has 0 radical (unpaired) electrons. The van der Waals surface area contributed by atoms with Crippen LogP contribution in [0.2, 0.25) is 0 Å². The Hall–Kier alpha value is -1.71. The van der Waals surface area contributed by atoms with Crippen molar-refractivity contribution in [3.8, 4) is 11.5 Å². The van der Waals surface area contributed by atoms with Crippen LogP contribution in [0.4, 0.5) is 0 Å². The molecule has 1 aromatic rings. The monoisotopic (exact) mass is 301 g/mol. The normalized spacial score (nSPS) is 26.6. The lowest BCUT2D eigenvalue weighted by atomic mass is 9.75. The molecule has 2 atom stereocenters. The van der Waals surface area contributed by atoms with Crippen LogP contribution in [0.25, 0.3) is 0 Å². The van der Waals surface area contributed by atoms with Gasteiger partial charge in [-0.2, -0.15) is 0 Å². The molecule has 0 aromatic heterocycles. The number of amides is 1. The first-order chi connectivity index (χ1) is 10.8. The van der Waals surface area contributed by atoms with E-state index in [9.17, 15) is 4.79 Å². The van der Waals surface area contributed by atoms with E-state index in [1.165, 1.54) is 32.1 Å². The minimum absolute atomic E-state index is 0.253. The highest BCUT2D eigenvalue weighted by atomic mass is 16.7. The van der Waals surface area contributed by atoms with Gasteiger partial charge in [-0.25, -0.2) is 0 Å². The Morgan fingerprint density at radius 3 is 2.82 bits per heavy atom. The minimum atomic E-state index is 0.253. The van der Waals surface area contributed by atoms with Gasteiger partial charge in [0.2, 0.25) is 12.7 Å². The van der Waals surface area contributed by atoms with Crippen molar-refractivity contribution in [2.24, 2.45) is 11.8 Å². The van der Waals surface area contributed by atoms with Gasteiger partial charge in [0, 0.05) is 13.1 Å². The van der Waals surface area contributed by atoms with E-state index in [1.54, 1.807) is 0 Å². The summed E-state index contributed by atoms with van der Waals surface area (Å²) in [7, 11) is 0. The molecule has 0 N–H and O–H groups in total. The van der Waals surface area contributed by atoms with Crippen LogP contribution in [0, 0.1) is 11.8 Å². The number of fused-ring (bicyclic) bond motifs is 2. The molecule has 2 heterocycles. The first kappa shape index (κ1) is 13.9. The van der Waals surface area contributed by atoms with Crippen LogP contribution in [0.15, 0.2) is 18.2 Å². The second kappa shape index (κ2) is 5.82. The summed E-state index contributed by atoms with van der Waals surface area (Å²) in [5.41, 5.74) is 1.01. The second-order valence-electron chi connectivity index (χ2n) is 6.80. The van der Waals surface area contributed by atoms with Crippen LogP contribution >= 0.6 is 0 Å². The number of hydrogen-bond acceptors (Lipinski definition) is 3. The average Bonchev–Trinajstić information content (AvgIpc) is 3.02. The summed E-state index contributed by atoms with van der Waals surface area (Å²) >= 11 is 0. The molecule has 1 saturated carbocycles. The van der Waals surface area contributed by atoms with E-state index in [1.807, 2.05) is 18.2 Å². The number of carbonyl (C=O) groups is 1. The maximum absolute atomic E-state index is 12.6. The van der Waals surface area contributed by atoms with Crippen molar-refractivity contribution in [1.29, 1.82) is 0 Å². The van der Waals surface area contributed by atoms with Crippen molar-refractivity contribution in [1.82, 2.24) is 4.90 Å². The maximum Gasteiger partial charge on any atom is 0.231 e. The fourth-order valence-corrected chi connectivity index (χ4v) is 4.16. The Balaban J connectivity index is 1.39. The minimum Gasteiger partial charge on any atom is -0.454 e. The SMILES string of the molecule is O=C(Cc1ccc2c(c1)OCO2)N1CC[C@@H]2CCCC[C@@H]2C1. The van der Waals surface area contributed by atoms with Gasteiger partial charge < -0.3 is 14.4 Å². The van der Waals surface area contributed by atoms with E-state index in [-0.39, 0.29) is 12.7 Å². The Morgan fingerprint density at radius 1 is 1.09 bits per heavy atom. The van der Waals surface area contributed by atoms with Gasteiger partial charge in [-0.1, -0.05) is 25.3 Å². The highest BCUT2D eigenvalue weighted by Crippen LogP contribution is 2.36. The summed E-state index contributed by atoms with van der Waals surface area (Å²) in [6.07, 6.45) is 7.05. The molecule has 1 saturated heterocycles. The highest BCUT2D eigenvalue weighted by Gasteiger charge is 2.32. The van der Waals surface area contributed by atoms with Crippen LogP contribution in [-0.4, -0.2) is 30.7 Å². The predicted molar refractivity (Wildman–Crippen MR) is 82.9 cm³/mol. The van der Waals surface area contributed by atoms with Gasteiger partial charge in [-0.05, 0) is 42.4 Å². The molecule has 2 aliphatic heterocycles. The fraction of sp³-hybridized carbons (Fsp3) is 0.611. The lowest BCUT2D eigenvalue weighted by molar-refractivity contribution is -0.133. The predicted octanol–water partition coefficient (Wildman–Crippen LogP) is 3.00. The first-order valence-electron chi connectivity index (χ1n) is 8.46. The first-order valence-corrected chi connectivity index (χ1v) is 8.46. The molecule has 4 heteroatoms. The van der Waals surface area contributed by atoms with Gasteiger partial charge in [0.05, 0.1) is 6.42 Å². The zero-order valence-electron chi connectivity index (χ0n) is 12.9. The number of ether oxygens (including phenoxy) is 2. The Kier molecular flexibility index (Phi) is 3.68. The number of hydrogen-bond donors (Lipinski definition) is 0. The maximum atomic E-state index is 12.6. The van der Waals surface area contributed by atoms with Gasteiger partial charge >= 0.3 is 0 Å². The Labute approximate surface area is 131 Å². The lowest BCUT2D eigenvalue weighted by Gasteiger charge is -2.41. The van der Waals surface area contributed by atoms with E-state index >= 15 is 0 Å². The molecular weight excluding hydrogens is 278 g/mol. The summed E-state index contributed by atoms with van der Waals surface area (Å²) < 4.78 is 10.7. The number of rotatable bonds is 2. The third-order valence-corrected chi connectivity index (χ3v) is 5.44. The van der Waals surface area contributed by atoms with E-state index in [0.717, 1.165) is 42.0 Å². The fourth-order valence-electron chi connectivity index (χ4n) is 4.16. The quantitative estimate of drug-likeness (QED) is 0.843. The van der Waals surface area contributed by atoms with E-state index in [0.29, 0.717) is 6.42 Å². The molecule has 2 fully saturated rings. The molecule has 4 nitrogen and oxygen atoms in total. The van der Waals surface area contributed by atoms with E-state index in [2.05, 4.69) is 4.90 Å². The zero-order valence-corrected chi connectivity index (χ0v) is 12.9. The van der Waals surface area contributed by atoms with Gasteiger partial charge in [0.1, 0.15) is 0 Å². The van der Waals surface area contributed by atoms with Crippen molar-refractivity contribution in [2.45, 2.75) is 38.5 Å². The van der Waals surface area contributed by atoms with Crippen LogP contribution in [0.1, 0.15) is 37.7 Å². The lowest BCUT2D eigenvalue weighted by Crippen LogP contribution is -2.45. The van der Waals surface area contributed by atoms with Gasteiger partial charge in [0.25, 0.3) is 0 Å². The van der Waals surface area contributed by atoms with Crippen molar-refractivity contribution in [3.05, 3.63) is 23.8 Å². The second-order valence-corrected chi connectivity index (χ2v) is 6.80. The van der Waals surface area contributed by atoms with E-state index in [4.69, 9.17) is 9.47 Å². The summed E-state index contributed by atoms with van der Waals surface area (Å²) in [6, 6.07) is 5.81. The number of nitrogens with zero attached hydrogens (tertiary/aromatic N) is 1. The molecule has 0 spiro atoms. The van der Waals surface area contributed by atoms with Gasteiger partial charge in [-0.15, -0.1) is 0 Å². The Bertz CT molecular complexity index is 571. The summed E-state index contributed by atoms with van der Waals surface area (Å²) in [6.45, 7) is 2.18. The molecule has 0 unspecified atom stereocenters. The molecule has 0 bridgehead atoms. The van der Waals surface area contributed by atoms with Crippen LogP contribution < -0.4 is 9.47 Å². The van der Waals surface area contributed by atoms with Crippen molar-refractivity contribution in [2.75, 3.05) is 19.9 Å². The number of piperidine rings is 1. The van der Waals surface area contributed by atoms with Crippen molar-refractivity contribution in [3.63, 3.8) is 0 Å². The molecule has 1 aliphatic carbocycles. The smallest absolute Gasteiger partial charge is 0.231 e. The van der Waals surface area contributed by atoms with Gasteiger partial charge in [0.15, 0.2) is 11.5 Å². The van der Waals surface area contributed by atoms with Crippen LogP contribution in [0.3, 0.4) is 0 Å². The third kappa shape index (κ3) is 2.67. The highest BCUT2D eigenvalue weighted by molar-refractivity contribution is 5.79. The standard InChI is InChI=1S/C18H23NO3/c20-18(10-13-5-6-16-17(9-13)22-12-21-16)19-8-7-14-3-1-2-4-15(14)11-19/h5-6,9,14-15H,1-4,7-8,10-12H2/t14-,15+/m0/s1.